The highest BCUT2D eigenvalue weighted by atomic mass is 16.1. The van der Waals surface area contributed by atoms with E-state index in [2.05, 4.69) is 23.1 Å². The van der Waals surface area contributed by atoms with Gasteiger partial charge in [0.2, 0.25) is 12.2 Å². The molecule has 0 spiro atoms. The molecule has 0 aromatic heterocycles. The Kier molecular flexibility index (Phi) is 8.80. The summed E-state index contributed by atoms with van der Waals surface area (Å²) in [6.07, 6.45) is 6.39. The maximum Gasteiger partial charge on any atom is 0.235 e. The number of hydrogen-bond donors (Lipinski definition) is 0. The Morgan fingerprint density at radius 1 is 0.958 bits per heavy atom. The number of isocyanates is 2. The van der Waals surface area contributed by atoms with Crippen LogP contribution in [0.25, 0.3) is 6.08 Å². The van der Waals surface area contributed by atoms with E-state index in [1.165, 1.54) is 12.2 Å². The van der Waals surface area contributed by atoms with Gasteiger partial charge >= 0.3 is 0 Å². The minimum Gasteiger partial charge on any atom is -0.211 e. The average Bonchev–Trinajstić information content (AvgIpc) is 2.66. The number of aliphatic imine (C=N–C) groups is 2. The van der Waals surface area contributed by atoms with Gasteiger partial charge < -0.3 is 0 Å². The SMILES string of the molecule is C=CC(N=C=O)c1ccccc1.C=Cc1ccccc1CN=C=O. The molecule has 2 aromatic carbocycles. The van der Waals surface area contributed by atoms with Gasteiger partial charge in [-0.15, -0.1) is 6.58 Å². The fourth-order valence-corrected chi connectivity index (χ4v) is 1.97. The van der Waals surface area contributed by atoms with Crippen molar-refractivity contribution in [2.24, 2.45) is 9.98 Å². The first-order valence-corrected chi connectivity index (χ1v) is 7.25. The predicted octanol–water partition coefficient (Wildman–Crippen LogP) is 4.41. The van der Waals surface area contributed by atoms with Crippen LogP contribution >= 0.6 is 0 Å². The molecule has 0 aliphatic carbocycles. The molecule has 2 rings (SSSR count). The lowest BCUT2D eigenvalue weighted by atomic mass is 10.1. The van der Waals surface area contributed by atoms with Crippen molar-refractivity contribution < 1.29 is 9.59 Å². The van der Waals surface area contributed by atoms with Crippen LogP contribution < -0.4 is 0 Å². The summed E-state index contributed by atoms with van der Waals surface area (Å²) < 4.78 is 0. The molecule has 0 heterocycles. The number of benzene rings is 2. The number of rotatable bonds is 6. The van der Waals surface area contributed by atoms with Crippen molar-refractivity contribution in [1.29, 1.82) is 0 Å². The third kappa shape index (κ3) is 6.20. The predicted molar refractivity (Wildman–Crippen MR) is 95.9 cm³/mol. The third-order valence-electron chi connectivity index (χ3n) is 3.15. The average molecular weight is 318 g/mol. The zero-order chi connectivity index (χ0) is 17.6. The van der Waals surface area contributed by atoms with Crippen LogP contribution in [0, 0.1) is 0 Å². The Morgan fingerprint density at radius 3 is 2.21 bits per heavy atom. The summed E-state index contributed by atoms with van der Waals surface area (Å²) in [5.41, 5.74) is 2.96. The lowest BCUT2D eigenvalue weighted by Gasteiger charge is -2.03. The Labute approximate surface area is 141 Å². The summed E-state index contributed by atoms with van der Waals surface area (Å²) in [5, 5.41) is 0. The molecule has 2 aromatic rings. The van der Waals surface area contributed by atoms with E-state index in [9.17, 15) is 9.59 Å². The normalized spacial score (nSPS) is 10.0. The molecule has 0 bridgehead atoms. The van der Waals surface area contributed by atoms with Gasteiger partial charge in [0.15, 0.2) is 0 Å². The van der Waals surface area contributed by atoms with Crippen molar-refractivity contribution in [3.63, 3.8) is 0 Å². The van der Waals surface area contributed by atoms with Crippen LogP contribution in [0.3, 0.4) is 0 Å². The van der Waals surface area contributed by atoms with Crippen molar-refractivity contribution >= 4 is 18.2 Å². The second-order valence-electron chi connectivity index (χ2n) is 4.62. The Bertz CT molecular complexity index is 756. The minimum atomic E-state index is -0.260. The van der Waals surface area contributed by atoms with Gasteiger partial charge in [-0.1, -0.05) is 73.3 Å². The molecule has 1 atom stereocenters. The molecule has 0 fully saturated rings. The van der Waals surface area contributed by atoms with Crippen molar-refractivity contribution in [1.82, 2.24) is 0 Å². The molecule has 0 aliphatic rings. The van der Waals surface area contributed by atoms with Crippen LogP contribution in [0.2, 0.25) is 0 Å². The topological polar surface area (TPSA) is 58.9 Å². The van der Waals surface area contributed by atoms with E-state index in [0.29, 0.717) is 6.54 Å². The van der Waals surface area contributed by atoms with Crippen molar-refractivity contribution in [2.45, 2.75) is 12.6 Å². The van der Waals surface area contributed by atoms with E-state index in [-0.39, 0.29) is 6.04 Å². The van der Waals surface area contributed by atoms with Gasteiger partial charge in [0.1, 0.15) is 6.04 Å². The number of carbonyl (C=O) groups excluding carboxylic acids is 2. The zero-order valence-electron chi connectivity index (χ0n) is 13.3. The molecule has 0 saturated carbocycles. The second-order valence-corrected chi connectivity index (χ2v) is 4.62. The van der Waals surface area contributed by atoms with Crippen molar-refractivity contribution in [3.8, 4) is 0 Å². The molecular weight excluding hydrogens is 300 g/mol. The standard InChI is InChI=1S/2C10H9NO/c1-2-9-5-3-4-6-10(9)7-11-8-12;1-2-10(11-8-12)9-6-4-3-5-7-9/h2-6H,1,7H2;2-7,10H,1H2. The van der Waals surface area contributed by atoms with Gasteiger partial charge in [-0.05, 0) is 16.7 Å². The van der Waals surface area contributed by atoms with Crippen LogP contribution in [0.5, 0.6) is 0 Å². The van der Waals surface area contributed by atoms with E-state index in [1.54, 1.807) is 12.2 Å². The van der Waals surface area contributed by atoms with Gasteiger partial charge in [0.25, 0.3) is 0 Å². The molecule has 0 amide bonds. The van der Waals surface area contributed by atoms with Gasteiger partial charge in [-0.25, -0.2) is 14.6 Å². The van der Waals surface area contributed by atoms with Crippen LogP contribution in [-0.2, 0) is 16.1 Å². The number of nitrogens with zero attached hydrogens (tertiary/aromatic N) is 2. The maximum absolute atomic E-state index is 10.0. The van der Waals surface area contributed by atoms with Crippen LogP contribution in [0.1, 0.15) is 22.7 Å². The lowest BCUT2D eigenvalue weighted by molar-refractivity contribution is 0.561. The molecule has 0 radical (unpaired) electrons. The molecule has 0 N–H and O–H groups in total. The Hall–Kier alpha value is -3.32. The lowest BCUT2D eigenvalue weighted by Crippen LogP contribution is -1.88. The summed E-state index contributed by atoms with van der Waals surface area (Å²) in [5.74, 6) is 0. The van der Waals surface area contributed by atoms with Crippen molar-refractivity contribution in [2.75, 3.05) is 0 Å². The van der Waals surface area contributed by atoms with E-state index < -0.39 is 0 Å². The third-order valence-corrected chi connectivity index (χ3v) is 3.15. The fraction of sp³-hybridized carbons (Fsp3) is 0.100. The van der Waals surface area contributed by atoms with Crippen LogP contribution in [-0.4, -0.2) is 12.2 Å². The highest BCUT2D eigenvalue weighted by Gasteiger charge is 2.02. The highest BCUT2D eigenvalue weighted by Crippen LogP contribution is 2.16. The van der Waals surface area contributed by atoms with Gasteiger partial charge in [0.05, 0.1) is 6.54 Å². The molecule has 0 aliphatic heterocycles. The summed E-state index contributed by atoms with van der Waals surface area (Å²) in [6, 6.07) is 16.9. The smallest absolute Gasteiger partial charge is 0.211 e. The Morgan fingerprint density at radius 2 is 1.62 bits per heavy atom. The molecule has 4 heteroatoms. The molecule has 0 saturated heterocycles. The zero-order valence-corrected chi connectivity index (χ0v) is 13.3. The van der Waals surface area contributed by atoms with E-state index in [4.69, 9.17) is 0 Å². The quantitative estimate of drug-likeness (QED) is 0.450. The summed E-state index contributed by atoms with van der Waals surface area (Å²) >= 11 is 0. The first kappa shape index (κ1) is 18.7. The molecule has 4 nitrogen and oxygen atoms in total. The number of hydrogen-bond acceptors (Lipinski definition) is 4. The van der Waals surface area contributed by atoms with Crippen LogP contribution in [0.15, 0.2) is 83.8 Å². The first-order valence-electron chi connectivity index (χ1n) is 7.25. The first-order chi connectivity index (χ1) is 11.8. The minimum absolute atomic E-state index is 0.260. The fourth-order valence-electron chi connectivity index (χ4n) is 1.97. The van der Waals surface area contributed by atoms with Gasteiger partial charge in [-0.2, -0.15) is 4.99 Å². The van der Waals surface area contributed by atoms with E-state index in [0.717, 1.165) is 16.7 Å². The van der Waals surface area contributed by atoms with Gasteiger partial charge in [-0.3, -0.25) is 0 Å². The summed E-state index contributed by atoms with van der Waals surface area (Å²) in [4.78, 5) is 27.0. The monoisotopic (exact) mass is 318 g/mol. The Balaban J connectivity index is 0.000000240. The molecule has 120 valence electrons. The van der Waals surface area contributed by atoms with E-state index in [1.807, 2.05) is 54.6 Å². The molecule has 1 unspecified atom stereocenters. The van der Waals surface area contributed by atoms with Gasteiger partial charge in [0, 0.05) is 0 Å². The maximum atomic E-state index is 10.0. The van der Waals surface area contributed by atoms with Crippen LogP contribution in [0.4, 0.5) is 0 Å². The second kappa shape index (κ2) is 11.3. The summed E-state index contributed by atoms with van der Waals surface area (Å²) in [6.45, 7) is 7.62. The highest BCUT2D eigenvalue weighted by molar-refractivity contribution is 5.52. The largest absolute Gasteiger partial charge is 0.235 e. The molecule has 24 heavy (non-hydrogen) atoms. The van der Waals surface area contributed by atoms with Crippen molar-refractivity contribution in [3.05, 3.63) is 90.5 Å². The van der Waals surface area contributed by atoms with E-state index >= 15 is 0 Å². The summed E-state index contributed by atoms with van der Waals surface area (Å²) in [7, 11) is 0. The molecular formula is C20H18N2O2.